The molecule has 0 aliphatic carbocycles. The maximum atomic E-state index is 8.88. The second kappa shape index (κ2) is 3.49. The van der Waals surface area contributed by atoms with E-state index in [0.717, 1.165) is 25.5 Å². The van der Waals surface area contributed by atoms with Crippen LogP contribution in [0.5, 0.6) is 0 Å². The van der Waals surface area contributed by atoms with Gasteiger partial charge in [0.05, 0.1) is 11.6 Å². The molecule has 0 saturated carbocycles. The number of nitrogens with zero attached hydrogens (tertiary/aromatic N) is 1. The van der Waals surface area contributed by atoms with Crippen LogP contribution in [0.15, 0.2) is 40.8 Å². The van der Waals surface area contributed by atoms with Crippen LogP contribution in [-0.4, -0.2) is 0 Å². The molecule has 76 valence electrons. The average molecular weight is 319 g/mol. The minimum absolute atomic E-state index is 0.661. The molecule has 16 heavy (non-hydrogen) atoms. The van der Waals surface area contributed by atoms with Crippen molar-refractivity contribution in [2.75, 3.05) is 0 Å². The normalized spacial score (nSPS) is 10.8. The smallest absolute Gasteiger partial charge is 0.135 e. The van der Waals surface area contributed by atoms with Gasteiger partial charge in [-0.05, 0) is 59.0 Å². The van der Waals surface area contributed by atoms with Crippen molar-refractivity contribution in [3.63, 3.8) is 0 Å². The Morgan fingerprint density at radius 2 is 1.69 bits per heavy atom. The largest absolute Gasteiger partial charge is 0.456 e. The predicted octanol–water partition coefficient (Wildman–Crippen LogP) is 4.06. The summed E-state index contributed by atoms with van der Waals surface area (Å²) < 4.78 is 6.86. The molecule has 0 atom stereocenters. The first kappa shape index (κ1) is 9.67. The number of fused-ring (bicyclic) bond motifs is 3. The van der Waals surface area contributed by atoms with Gasteiger partial charge in [-0.25, -0.2) is 0 Å². The van der Waals surface area contributed by atoms with Crippen LogP contribution in [0.25, 0.3) is 21.9 Å². The van der Waals surface area contributed by atoms with Crippen LogP contribution in [-0.2, 0) is 0 Å². The molecule has 0 aliphatic heterocycles. The van der Waals surface area contributed by atoms with Crippen molar-refractivity contribution in [3.05, 3.63) is 45.5 Å². The lowest BCUT2D eigenvalue weighted by Gasteiger charge is -1.91. The molecule has 0 amide bonds. The van der Waals surface area contributed by atoms with Gasteiger partial charge in [-0.3, -0.25) is 0 Å². The second-order valence-corrected chi connectivity index (χ2v) is 4.81. The van der Waals surface area contributed by atoms with Gasteiger partial charge in [0.15, 0.2) is 0 Å². The van der Waals surface area contributed by atoms with Crippen molar-refractivity contribution >= 4 is 44.5 Å². The average Bonchev–Trinajstić information content (AvgIpc) is 2.66. The van der Waals surface area contributed by atoms with Crippen molar-refractivity contribution in [1.29, 1.82) is 5.26 Å². The van der Waals surface area contributed by atoms with E-state index >= 15 is 0 Å². The summed E-state index contributed by atoms with van der Waals surface area (Å²) in [6.07, 6.45) is 0. The quantitative estimate of drug-likeness (QED) is 0.586. The summed E-state index contributed by atoms with van der Waals surface area (Å²) in [6.45, 7) is 0. The fourth-order valence-corrected chi connectivity index (χ4v) is 2.31. The van der Waals surface area contributed by atoms with Crippen LogP contribution in [0, 0.1) is 14.9 Å². The van der Waals surface area contributed by atoms with Gasteiger partial charge in [0, 0.05) is 14.3 Å². The predicted molar refractivity (Wildman–Crippen MR) is 71.2 cm³/mol. The molecule has 0 radical (unpaired) electrons. The van der Waals surface area contributed by atoms with E-state index in [1.54, 1.807) is 6.07 Å². The molecule has 3 aromatic rings. The lowest BCUT2D eigenvalue weighted by atomic mass is 10.1. The number of benzene rings is 2. The Balaban J connectivity index is 2.50. The molecule has 0 unspecified atom stereocenters. The Labute approximate surface area is 106 Å². The molecule has 0 spiro atoms. The van der Waals surface area contributed by atoms with Crippen LogP contribution in [0.2, 0.25) is 0 Å². The van der Waals surface area contributed by atoms with Crippen molar-refractivity contribution < 1.29 is 4.42 Å². The third-order valence-electron chi connectivity index (χ3n) is 2.56. The molecule has 2 nitrogen and oxygen atoms in total. The Morgan fingerprint density at radius 3 is 2.44 bits per heavy atom. The zero-order valence-corrected chi connectivity index (χ0v) is 10.4. The van der Waals surface area contributed by atoms with Gasteiger partial charge in [-0.15, -0.1) is 0 Å². The van der Waals surface area contributed by atoms with Gasteiger partial charge in [-0.1, -0.05) is 0 Å². The van der Waals surface area contributed by atoms with Crippen LogP contribution in [0.3, 0.4) is 0 Å². The van der Waals surface area contributed by atoms with E-state index in [2.05, 4.69) is 34.7 Å². The zero-order chi connectivity index (χ0) is 11.1. The van der Waals surface area contributed by atoms with Crippen molar-refractivity contribution in [3.8, 4) is 6.07 Å². The van der Waals surface area contributed by atoms with E-state index in [4.69, 9.17) is 9.68 Å². The third kappa shape index (κ3) is 1.38. The molecule has 1 heterocycles. The minimum Gasteiger partial charge on any atom is -0.456 e. The number of furan rings is 1. The summed E-state index contributed by atoms with van der Waals surface area (Å²) in [6, 6.07) is 13.7. The van der Waals surface area contributed by atoms with Gasteiger partial charge in [0.1, 0.15) is 11.2 Å². The van der Waals surface area contributed by atoms with Crippen molar-refractivity contribution in [1.82, 2.24) is 0 Å². The number of hydrogen-bond acceptors (Lipinski definition) is 2. The van der Waals surface area contributed by atoms with Crippen LogP contribution < -0.4 is 0 Å². The molecule has 2 aromatic carbocycles. The Morgan fingerprint density at radius 1 is 1.00 bits per heavy atom. The maximum absolute atomic E-state index is 8.88. The lowest BCUT2D eigenvalue weighted by molar-refractivity contribution is 0.669. The molecular weight excluding hydrogens is 313 g/mol. The summed E-state index contributed by atoms with van der Waals surface area (Å²) in [5.74, 6) is 0. The van der Waals surface area contributed by atoms with Gasteiger partial charge in [-0.2, -0.15) is 5.26 Å². The van der Waals surface area contributed by atoms with Crippen molar-refractivity contribution in [2.24, 2.45) is 0 Å². The number of rotatable bonds is 0. The summed E-state index contributed by atoms with van der Waals surface area (Å²) in [4.78, 5) is 0. The van der Waals surface area contributed by atoms with Crippen LogP contribution >= 0.6 is 22.6 Å². The van der Waals surface area contributed by atoms with Gasteiger partial charge >= 0.3 is 0 Å². The van der Waals surface area contributed by atoms with Gasteiger partial charge in [0.2, 0.25) is 0 Å². The molecular formula is C13H6INO. The van der Waals surface area contributed by atoms with E-state index in [1.807, 2.05) is 24.3 Å². The van der Waals surface area contributed by atoms with E-state index < -0.39 is 0 Å². The molecule has 0 N–H and O–H groups in total. The first-order valence-corrected chi connectivity index (χ1v) is 5.88. The molecule has 0 fully saturated rings. The monoisotopic (exact) mass is 319 g/mol. The first-order valence-electron chi connectivity index (χ1n) is 4.80. The highest BCUT2D eigenvalue weighted by Gasteiger charge is 2.07. The number of hydrogen-bond donors (Lipinski definition) is 0. The third-order valence-corrected chi connectivity index (χ3v) is 3.23. The molecule has 0 bridgehead atoms. The molecule has 0 aliphatic rings. The van der Waals surface area contributed by atoms with Crippen LogP contribution in [0.1, 0.15) is 5.56 Å². The fourth-order valence-electron chi connectivity index (χ4n) is 1.82. The highest BCUT2D eigenvalue weighted by molar-refractivity contribution is 14.1. The highest BCUT2D eigenvalue weighted by atomic mass is 127. The van der Waals surface area contributed by atoms with E-state index in [-0.39, 0.29) is 0 Å². The lowest BCUT2D eigenvalue weighted by Crippen LogP contribution is -1.73. The summed E-state index contributed by atoms with van der Waals surface area (Å²) in [5.41, 5.74) is 2.36. The number of halogens is 1. The molecule has 3 heteroatoms. The topological polar surface area (TPSA) is 36.9 Å². The molecule has 3 rings (SSSR count). The van der Waals surface area contributed by atoms with E-state index in [1.165, 1.54) is 0 Å². The SMILES string of the molecule is N#Cc1ccc2oc3ccc(I)cc3c2c1. The highest BCUT2D eigenvalue weighted by Crippen LogP contribution is 2.30. The second-order valence-electron chi connectivity index (χ2n) is 3.57. The van der Waals surface area contributed by atoms with E-state index in [0.29, 0.717) is 5.56 Å². The van der Waals surface area contributed by atoms with Gasteiger partial charge in [0.25, 0.3) is 0 Å². The Hall–Kier alpha value is -1.54. The minimum atomic E-state index is 0.661. The number of nitriles is 1. The van der Waals surface area contributed by atoms with Crippen LogP contribution in [0.4, 0.5) is 0 Å². The summed E-state index contributed by atoms with van der Waals surface area (Å²) >= 11 is 2.27. The fraction of sp³-hybridized carbons (Fsp3) is 0. The summed E-state index contributed by atoms with van der Waals surface area (Å²) in [5, 5.41) is 11.0. The van der Waals surface area contributed by atoms with Gasteiger partial charge < -0.3 is 4.42 Å². The Bertz CT molecular complexity index is 737. The zero-order valence-electron chi connectivity index (χ0n) is 8.20. The van der Waals surface area contributed by atoms with E-state index in [9.17, 15) is 0 Å². The Kier molecular flexibility index (Phi) is 2.11. The first-order chi connectivity index (χ1) is 7.78. The summed E-state index contributed by atoms with van der Waals surface area (Å²) in [7, 11) is 0. The maximum Gasteiger partial charge on any atom is 0.135 e. The molecule has 0 saturated heterocycles. The standard InChI is InChI=1S/C13H6INO/c14-9-2-4-13-11(6-9)10-5-8(7-15)1-3-12(10)16-13/h1-6H. The molecule has 1 aromatic heterocycles. The van der Waals surface area contributed by atoms with Crippen molar-refractivity contribution in [2.45, 2.75) is 0 Å².